The minimum atomic E-state index is -0.217. The van der Waals surface area contributed by atoms with Crippen molar-refractivity contribution in [1.82, 2.24) is 5.32 Å². The summed E-state index contributed by atoms with van der Waals surface area (Å²) >= 11 is 1.76. The SMILES string of the molecule is CC(O)CC(C)NCc1cccs1. The maximum Gasteiger partial charge on any atom is 0.0526 e. The van der Waals surface area contributed by atoms with Gasteiger partial charge in [-0.25, -0.2) is 0 Å². The number of hydrogen-bond acceptors (Lipinski definition) is 3. The third-order valence-corrected chi connectivity index (χ3v) is 2.78. The molecule has 13 heavy (non-hydrogen) atoms. The van der Waals surface area contributed by atoms with E-state index in [0.717, 1.165) is 13.0 Å². The largest absolute Gasteiger partial charge is 0.393 e. The van der Waals surface area contributed by atoms with Gasteiger partial charge in [-0.1, -0.05) is 6.07 Å². The highest BCUT2D eigenvalue weighted by molar-refractivity contribution is 7.09. The first-order valence-electron chi connectivity index (χ1n) is 4.62. The van der Waals surface area contributed by atoms with Crippen LogP contribution in [-0.2, 0) is 6.54 Å². The number of aliphatic hydroxyl groups is 1. The molecule has 74 valence electrons. The molecule has 0 fully saturated rings. The molecule has 1 aromatic rings. The predicted molar refractivity (Wildman–Crippen MR) is 56.9 cm³/mol. The minimum Gasteiger partial charge on any atom is -0.393 e. The van der Waals surface area contributed by atoms with Crippen LogP contribution in [0.15, 0.2) is 17.5 Å². The molecule has 2 unspecified atom stereocenters. The Kier molecular flexibility index (Phi) is 4.42. The number of thiophene rings is 1. The van der Waals surface area contributed by atoms with Crippen LogP contribution in [-0.4, -0.2) is 17.3 Å². The fourth-order valence-corrected chi connectivity index (χ4v) is 1.94. The Balaban J connectivity index is 2.19. The first-order chi connectivity index (χ1) is 6.18. The standard InChI is InChI=1S/C10H17NOS/c1-8(6-9(2)12)11-7-10-4-3-5-13-10/h3-5,8-9,11-12H,6-7H2,1-2H3. The van der Waals surface area contributed by atoms with Crippen molar-refractivity contribution in [2.75, 3.05) is 0 Å². The second-order valence-electron chi connectivity index (χ2n) is 3.45. The second-order valence-corrected chi connectivity index (χ2v) is 4.48. The molecule has 1 aromatic heterocycles. The molecule has 0 radical (unpaired) electrons. The predicted octanol–water partition coefficient (Wildman–Crippen LogP) is 2.00. The maximum absolute atomic E-state index is 9.14. The summed E-state index contributed by atoms with van der Waals surface area (Å²) in [6, 6.07) is 4.55. The average molecular weight is 199 g/mol. The Hall–Kier alpha value is -0.380. The summed E-state index contributed by atoms with van der Waals surface area (Å²) in [7, 11) is 0. The van der Waals surface area contributed by atoms with Gasteiger partial charge in [-0.05, 0) is 31.7 Å². The van der Waals surface area contributed by atoms with E-state index in [1.807, 2.05) is 6.92 Å². The van der Waals surface area contributed by atoms with Gasteiger partial charge in [0.2, 0.25) is 0 Å². The molecule has 3 heteroatoms. The fraction of sp³-hybridized carbons (Fsp3) is 0.600. The average Bonchev–Trinajstić information content (AvgIpc) is 2.51. The molecule has 0 bridgehead atoms. The van der Waals surface area contributed by atoms with Crippen LogP contribution in [0, 0.1) is 0 Å². The number of aliphatic hydroxyl groups excluding tert-OH is 1. The molecule has 2 atom stereocenters. The van der Waals surface area contributed by atoms with Gasteiger partial charge in [0.1, 0.15) is 0 Å². The Bertz CT molecular complexity index is 221. The summed E-state index contributed by atoms with van der Waals surface area (Å²) in [5, 5.41) is 14.6. The second kappa shape index (κ2) is 5.37. The van der Waals surface area contributed by atoms with Crippen LogP contribution in [0.4, 0.5) is 0 Å². The van der Waals surface area contributed by atoms with Crippen LogP contribution in [0.3, 0.4) is 0 Å². The number of nitrogens with one attached hydrogen (secondary N) is 1. The van der Waals surface area contributed by atoms with Crippen molar-refractivity contribution in [1.29, 1.82) is 0 Å². The molecule has 0 aromatic carbocycles. The van der Waals surface area contributed by atoms with E-state index in [4.69, 9.17) is 5.11 Å². The van der Waals surface area contributed by atoms with Crippen LogP contribution >= 0.6 is 11.3 Å². The molecule has 1 heterocycles. The summed E-state index contributed by atoms with van der Waals surface area (Å²) in [6.45, 7) is 4.83. The van der Waals surface area contributed by atoms with Crippen molar-refractivity contribution in [2.24, 2.45) is 0 Å². The van der Waals surface area contributed by atoms with E-state index < -0.39 is 0 Å². The highest BCUT2D eigenvalue weighted by Crippen LogP contribution is 2.08. The molecule has 1 rings (SSSR count). The number of hydrogen-bond donors (Lipinski definition) is 2. The smallest absolute Gasteiger partial charge is 0.0526 e. The normalized spacial score (nSPS) is 15.6. The zero-order valence-electron chi connectivity index (χ0n) is 8.16. The molecule has 2 N–H and O–H groups in total. The lowest BCUT2D eigenvalue weighted by Gasteiger charge is -2.14. The van der Waals surface area contributed by atoms with Gasteiger partial charge in [0, 0.05) is 17.5 Å². The third kappa shape index (κ3) is 4.41. The van der Waals surface area contributed by atoms with Crippen molar-refractivity contribution in [3.05, 3.63) is 22.4 Å². The summed E-state index contributed by atoms with van der Waals surface area (Å²) in [5.41, 5.74) is 0. The van der Waals surface area contributed by atoms with Gasteiger partial charge < -0.3 is 10.4 Å². The quantitative estimate of drug-likeness (QED) is 0.760. The fourth-order valence-electron chi connectivity index (χ4n) is 1.28. The lowest BCUT2D eigenvalue weighted by molar-refractivity contribution is 0.170. The Morgan fingerprint density at radius 3 is 2.85 bits per heavy atom. The van der Waals surface area contributed by atoms with E-state index in [-0.39, 0.29) is 6.10 Å². The summed E-state index contributed by atoms with van der Waals surface area (Å²) in [4.78, 5) is 1.34. The first-order valence-corrected chi connectivity index (χ1v) is 5.50. The van der Waals surface area contributed by atoms with Gasteiger partial charge >= 0.3 is 0 Å². The first kappa shape index (κ1) is 10.7. The molecular formula is C10H17NOS. The van der Waals surface area contributed by atoms with Gasteiger partial charge in [0.25, 0.3) is 0 Å². The van der Waals surface area contributed by atoms with Gasteiger partial charge in [0.05, 0.1) is 6.10 Å². The summed E-state index contributed by atoms with van der Waals surface area (Å²) in [5.74, 6) is 0. The topological polar surface area (TPSA) is 32.3 Å². The van der Waals surface area contributed by atoms with Crippen molar-refractivity contribution in [3.8, 4) is 0 Å². The third-order valence-electron chi connectivity index (χ3n) is 1.90. The highest BCUT2D eigenvalue weighted by atomic mass is 32.1. The van der Waals surface area contributed by atoms with Crippen LogP contribution in [0.2, 0.25) is 0 Å². The molecule has 0 spiro atoms. The monoisotopic (exact) mass is 199 g/mol. The zero-order valence-corrected chi connectivity index (χ0v) is 8.97. The maximum atomic E-state index is 9.14. The molecular weight excluding hydrogens is 182 g/mol. The van der Waals surface area contributed by atoms with Crippen LogP contribution in [0.1, 0.15) is 25.1 Å². The molecule has 0 saturated heterocycles. The highest BCUT2D eigenvalue weighted by Gasteiger charge is 2.05. The summed E-state index contributed by atoms with van der Waals surface area (Å²) in [6.07, 6.45) is 0.594. The van der Waals surface area contributed by atoms with E-state index in [9.17, 15) is 0 Å². The van der Waals surface area contributed by atoms with E-state index >= 15 is 0 Å². The number of rotatable bonds is 5. The van der Waals surface area contributed by atoms with Crippen molar-refractivity contribution >= 4 is 11.3 Å². The van der Waals surface area contributed by atoms with E-state index in [2.05, 4.69) is 29.8 Å². The molecule has 2 nitrogen and oxygen atoms in total. The van der Waals surface area contributed by atoms with Crippen LogP contribution in [0.5, 0.6) is 0 Å². The molecule has 0 saturated carbocycles. The Labute approximate surface area is 83.6 Å². The lowest BCUT2D eigenvalue weighted by Crippen LogP contribution is -2.28. The van der Waals surface area contributed by atoms with Crippen molar-refractivity contribution in [2.45, 2.75) is 39.0 Å². The molecule has 0 aliphatic rings. The van der Waals surface area contributed by atoms with Crippen LogP contribution < -0.4 is 5.32 Å². The van der Waals surface area contributed by atoms with E-state index in [1.54, 1.807) is 11.3 Å². The van der Waals surface area contributed by atoms with E-state index in [1.165, 1.54) is 4.88 Å². The van der Waals surface area contributed by atoms with Gasteiger partial charge in [-0.15, -0.1) is 11.3 Å². The Morgan fingerprint density at radius 1 is 1.54 bits per heavy atom. The molecule has 0 amide bonds. The molecule has 0 aliphatic carbocycles. The lowest BCUT2D eigenvalue weighted by atomic mass is 10.1. The summed E-state index contributed by atoms with van der Waals surface area (Å²) < 4.78 is 0. The minimum absolute atomic E-state index is 0.217. The van der Waals surface area contributed by atoms with E-state index in [0.29, 0.717) is 6.04 Å². The van der Waals surface area contributed by atoms with Gasteiger partial charge in [0.15, 0.2) is 0 Å². The van der Waals surface area contributed by atoms with Gasteiger partial charge in [-0.2, -0.15) is 0 Å². The van der Waals surface area contributed by atoms with Crippen molar-refractivity contribution in [3.63, 3.8) is 0 Å². The van der Waals surface area contributed by atoms with Crippen LogP contribution in [0.25, 0.3) is 0 Å². The van der Waals surface area contributed by atoms with Crippen molar-refractivity contribution < 1.29 is 5.11 Å². The Morgan fingerprint density at radius 2 is 2.31 bits per heavy atom. The molecule has 0 aliphatic heterocycles. The van der Waals surface area contributed by atoms with Gasteiger partial charge in [-0.3, -0.25) is 0 Å². The zero-order chi connectivity index (χ0) is 9.68.